The number of aromatic hydroxyl groups is 1. The minimum atomic E-state index is -1.82. The number of ether oxygens (including phenoxy) is 7. The second kappa shape index (κ2) is 16.0. The molecule has 1 aromatic carbocycles. The second-order valence-electron chi connectivity index (χ2n) is 11.9. The third-order valence-electron chi connectivity index (χ3n) is 8.86. The molecule has 2 saturated heterocycles. The largest absolute Gasteiger partial charge is 0.508 e. The third kappa shape index (κ3) is 7.97. The Bertz CT molecular complexity index is 1390. The van der Waals surface area contributed by atoms with Crippen molar-refractivity contribution in [2.75, 3.05) is 26.9 Å². The predicted octanol–water partition coefficient (Wildman–Crippen LogP) is -2.43. The molecule has 0 radical (unpaired) electrons. The Morgan fingerprint density at radius 3 is 2.27 bits per heavy atom. The maximum absolute atomic E-state index is 12.4. The van der Waals surface area contributed by atoms with Crippen molar-refractivity contribution < 1.29 is 83.6 Å². The van der Waals surface area contributed by atoms with Gasteiger partial charge in [-0.15, -0.1) is 0 Å². The number of carbonyl (C=O) groups excluding carboxylic acids is 2. The summed E-state index contributed by atoms with van der Waals surface area (Å²) in [6, 6.07) is 5.91. The van der Waals surface area contributed by atoms with Gasteiger partial charge in [0, 0.05) is 12.0 Å². The summed E-state index contributed by atoms with van der Waals surface area (Å²) in [6.07, 6.45) is -11.9. The van der Waals surface area contributed by atoms with Crippen LogP contribution in [0.4, 0.5) is 0 Å². The van der Waals surface area contributed by atoms with E-state index in [1.54, 1.807) is 18.2 Å². The van der Waals surface area contributed by atoms with Gasteiger partial charge < -0.3 is 74.0 Å². The SMILES string of the molecule is COC(=O)C1=CO[C@@H](O[C@@H]2O[C@H](CO[C@@H]3O[C@H](CO)[C@@H](OC(=O)/C=C/c4ccc(O)cc4)[C@H](O)[C@H]3O)[C@@H](O)[C@H](O)[C@H]2O)[C@@H]2C(CO)=CC[C@H]12. The smallest absolute Gasteiger partial charge is 0.337 e. The number of rotatable bonds is 11. The first-order chi connectivity index (χ1) is 23.5. The molecular weight excluding hydrogens is 656 g/mol. The van der Waals surface area contributed by atoms with Crippen molar-refractivity contribution in [1.29, 1.82) is 0 Å². The predicted molar refractivity (Wildman–Crippen MR) is 160 cm³/mol. The number of aliphatic hydroxyl groups excluding tert-OH is 7. The monoisotopic (exact) mass is 696 g/mol. The summed E-state index contributed by atoms with van der Waals surface area (Å²) in [7, 11) is 1.22. The van der Waals surface area contributed by atoms with E-state index < -0.39 is 105 Å². The fourth-order valence-electron chi connectivity index (χ4n) is 6.17. The summed E-state index contributed by atoms with van der Waals surface area (Å²) < 4.78 is 38.4. The summed E-state index contributed by atoms with van der Waals surface area (Å²) >= 11 is 0. The number of hydrogen-bond donors (Lipinski definition) is 8. The van der Waals surface area contributed by atoms with Crippen molar-refractivity contribution in [3.05, 3.63) is 59.4 Å². The van der Waals surface area contributed by atoms with Gasteiger partial charge in [0.1, 0.15) is 48.5 Å². The summed E-state index contributed by atoms with van der Waals surface area (Å²) in [5, 5.41) is 82.6. The molecule has 8 N–H and O–H groups in total. The van der Waals surface area contributed by atoms with Crippen LogP contribution in [0.5, 0.6) is 5.75 Å². The van der Waals surface area contributed by atoms with E-state index in [2.05, 4.69) is 0 Å². The van der Waals surface area contributed by atoms with Crippen molar-refractivity contribution in [1.82, 2.24) is 0 Å². The molecule has 17 nitrogen and oxygen atoms in total. The van der Waals surface area contributed by atoms with Crippen LogP contribution >= 0.6 is 0 Å². The number of aliphatic hydroxyl groups is 7. The molecule has 0 saturated carbocycles. The molecule has 1 aliphatic carbocycles. The lowest BCUT2D eigenvalue weighted by atomic mass is 9.83. The van der Waals surface area contributed by atoms with Crippen molar-refractivity contribution in [3.8, 4) is 5.75 Å². The Morgan fingerprint density at radius 2 is 1.59 bits per heavy atom. The lowest BCUT2D eigenvalue weighted by molar-refractivity contribution is -0.352. The molecule has 4 aliphatic rings. The molecular formula is C32H40O17. The van der Waals surface area contributed by atoms with Crippen LogP contribution in [0.25, 0.3) is 6.08 Å². The number of benzene rings is 1. The number of hydrogen-bond acceptors (Lipinski definition) is 17. The van der Waals surface area contributed by atoms with Crippen LogP contribution < -0.4 is 0 Å². The fraction of sp³-hybridized carbons (Fsp3) is 0.562. The topological polar surface area (TPSA) is 261 Å². The van der Waals surface area contributed by atoms with E-state index in [1.807, 2.05) is 0 Å². The van der Waals surface area contributed by atoms with Crippen LogP contribution in [0.3, 0.4) is 0 Å². The number of phenols is 1. The average Bonchev–Trinajstić information content (AvgIpc) is 3.55. The van der Waals surface area contributed by atoms with Crippen molar-refractivity contribution >= 4 is 18.0 Å². The standard InChI is InChI=1S/C32H40O17/c1-43-29(42)18-12-44-30(22-15(10-33)5-8-17(18)22)49-32-26(40)24(38)23(37)20(47-32)13-45-31-27(41)25(39)28(19(11-34)46-31)48-21(36)9-4-14-2-6-16(35)7-3-14/h2-7,9,12,17,19-20,22-28,30-35,37-41H,8,10-11,13H2,1H3/b9-4+/t17-,19-,20-,22-,23-,24+,25-,26-,27-,28-,30+,31-,32+/m1/s1. The zero-order valence-electron chi connectivity index (χ0n) is 26.2. The molecule has 270 valence electrons. The highest BCUT2D eigenvalue weighted by atomic mass is 16.8. The fourth-order valence-corrected chi connectivity index (χ4v) is 6.17. The zero-order valence-corrected chi connectivity index (χ0v) is 26.2. The van der Waals surface area contributed by atoms with Gasteiger partial charge in [-0.05, 0) is 35.8 Å². The Balaban J connectivity index is 1.20. The van der Waals surface area contributed by atoms with Crippen LogP contribution in [0.1, 0.15) is 12.0 Å². The van der Waals surface area contributed by atoms with Crippen LogP contribution in [-0.4, -0.2) is 147 Å². The Labute approximate surface area is 279 Å². The van der Waals surface area contributed by atoms with Gasteiger partial charge in [-0.25, -0.2) is 9.59 Å². The minimum absolute atomic E-state index is 0.0330. The summed E-state index contributed by atoms with van der Waals surface area (Å²) in [5.74, 6) is -2.67. The van der Waals surface area contributed by atoms with E-state index in [9.17, 15) is 50.4 Å². The van der Waals surface area contributed by atoms with E-state index >= 15 is 0 Å². The van der Waals surface area contributed by atoms with Gasteiger partial charge in [-0.3, -0.25) is 0 Å². The Morgan fingerprint density at radius 1 is 0.898 bits per heavy atom. The van der Waals surface area contributed by atoms with Gasteiger partial charge in [0.15, 0.2) is 18.7 Å². The molecule has 1 aromatic rings. The zero-order chi connectivity index (χ0) is 35.4. The van der Waals surface area contributed by atoms with E-state index in [0.29, 0.717) is 17.6 Å². The maximum Gasteiger partial charge on any atom is 0.337 e. The molecule has 17 heteroatoms. The summed E-state index contributed by atoms with van der Waals surface area (Å²) in [6.45, 7) is -1.72. The van der Waals surface area contributed by atoms with Crippen molar-refractivity contribution in [2.24, 2.45) is 11.8 Å². The molecule has 0 spiro atoms. The van der Waals surface area contributed by atoms with Gasteiger partial charge in [0.2, 0.25) is 6.29 Å². The number of carbonyl (C=O) groups is 2. The number of allylic oxidation sites excluding steroid dienone is 1. The van der Waals surface area contributed by atoms with E-state index in [0.717, 1.165) is 12.3 Å². The Hall–Kier alpha value is -3.46. The lowest BCUT2D eigenvalue weighted by Crippen LogP contribution is -2.62. The van der Waals surface area contributed by atoms with Gasteiger partial charge in [-0.2, -0.15) is 0 Å². The number of phenolic OH excluding ortho intramolecular Hbond substituents is 1. The van der Waals surface area contributed by atoms with Gasteiger partial charge in [0.25, 0.3) is 0 Å². The van der Waals surface area contributed by atoms with Crippen LogP contribution in [0.15, 0.2) is 53.8 Å². The number of fused-ring (bicyclic) bond motifs is 1. The van der Waals surface area contributed by atoms with E-state index in [4.69, 9.17) is 33.2 Å². The normalized spacial score (nSPS) is 37.5. The molecule has 3 aliphatic heterocycles. The molecule has 0 unspecified atom stereocenters. The van der Waals surface area contributed by atoms with Crippen molar-refractivity contribution in [3.63, 3.8) is 0 Å². The molecule has 49 heavy (non-hydrogen) atoms. The molecule has 0 amide bonds. The highest BCUT2D eigenvalue weighted by Gasteiger charge is 2.51. The highest BCUT2D eigenvalue weighted by molar-refractivity contribution is 5.89. The van der Waals surface area contributed by atoms with E-state index in [-0.39, 0.29) is 17.9 Å². The first-order valence-corrected chi connectivity index (χ1v) is 15.5. The highest BCUT2D eigenvalue weighted by Crippen LogP contribution is 2.44. The molecule has 2 fully saturated rings. The van der Waals surface area contributed by atoms with Crippen LogP contribution in [0, 0.1) is 11.8 Å². The van der Waals surface area contributed by atoms with E-state index in [1.165, 1.54) is 25.3 Å². The summed E-state index contributed by atoms with van der Waals surface area (Å²) in [4.78, 5) is 24.7. The van der Waals surface area contributed by atoms with Gasteiger partial charge >= 0.3 is 11.9 Å². The third-order valence-corrected chi connectivity index (χ3v) is 8.86. The first kappa shape index (κ1) is 36.8. The first-order valence-electron chi connectivity index (χ1n) is 15.5. The molecule has 13 atom stereocenters. The molecule has 3 heterocycles. The Kier molecular flexibility index (Phi) is 12.1. The maximum atomic E-state index is 12.4. The summed E-state index contributed by atoms with van der Waals surface area (Å²) in [5.41, 5.74) is 1.29. The molecule has 0 bridgehead atoms. The number of esters is 2. The van der Waals surface area contributed by atoms with Gasteiger partial charge in [0.05, 0.1) is 44.7 Å². The number of methoxy groups -OCH3 is 1. The van der Waals surface area contributed by atoms with Crippen LogP contribution in [0.2, 0.25) is 0 Å². The van der Waals surface area contributed by atoms with Crippen molar-refractivity contribution in [2.45, 2.75) is 74.1 Å². The van der Waals surface area contributed by atoms with Crippen LogP contribution in [-0.2, 0) is 42.7 Å². The second-order valence-corrected chi connectivity index (χ2v) is 11.9. The quantitative estimate of drug-likeness (QED) is 0.0679. The minimum Gasteiger partial charge on any atom is -0.508 e. The average molecular weight is 697 g/mol. The van der Waals surface area contributed by atoms with Gasteiger partial charge in [-0.1, -0.05) is 18.2 Å². The lowest BCUT2D eigenvalue weighted by Gasteiger charge is -2.44. The molecule has 0 aromatic heterocycles. The molecule has 5 rings (SSSR count).